The van der Waals surface area contributed by atoms with Crippen LogP contribution in [-0.2, 0) is 14.4 Å². The molecule has 1 aromatic rings. The molecule has 0 unspecified atom stereocenters. The summed E-state index contributed by atoms with van der Waals surface area (Å²) in [4.78, 5) is 18.9. The maximum absolute atomic E-state index is 11.6. The van der Waals surface area contributed by atoms with Crippen molar-refractivity contribution in [3.05, 3.63) is 46.1 Å². The number of benzene rings is 1. The van der Waals surface area contributed by atoms with E-state index in [2.05, 4.69) is 19.7 Å². The second-order valence-electron chi connectivity index (χ2n) is 3.52. The zero-order valence-electron chi connectivity index (χ0n) is 11.1. The van der Waals surface area contributed by atoms with Crippen molar-refractivity contribution >= 4 is 17.9 Å². The molecule has 0 fully saturated rings. The molecule has 0 amide bonds. The van der Waals surface area contributed by atoms with Crippen LogP contribution in [0.2, 0.25) is 0 Å². The molecule has 0 aromatic heterocycles. The van der Waals surface area contributed by atoms with Crippen molar-refractivity contribution in [3.8, 4) is 0 Å². The summed E-state index contributed by atoms with van der Waals surface area (Å²) in [6, 6.07) is 6.55. The fourth-order valence-corrected chi connectivity index (χ4v) is 1.45. The SMILES string of the molecule is CCOC(=O)/C([N+]#N)=C(\O)c1ccccc1/C=N\OC. The Bertz CT molecular complexity index is 588. The number of rotatable bonds is 5. The van der Waals surface area contributed by atoms with E-state index in [4.69, 9.17) is 5.39 Å². The van der Waals surface area contributed by atoms with Crippen molar-refractivity contribution in [3.63, 3.8) is 0 Å². The first-order valence-corrected chi connectivity index (χ1v) is 5.77. The van der Waals surface area contributed by atoms with Gasteiger partial charge in [-0.3, -0.25) is 0 Å². The standard InChI is InChI=1S/C13H13N3O4/c1-3-20-13(18)11(16-14)12(17)10-7-5-4-6-9(10)8-15-19-2/h4-8H,3H2,1-2H3/p+1/b15-8-. The molecule has 1 rings (SSSR count). The van der Waals surface area contributed by atoms with E-state index < -0.39 is 17.4 Å². The summed E-state index contributed by atoms with van der Waals surface area (Å²) in [5, 5.41) is 22.5. The Morgan fingerprint density at radius 1 is 1.50 bits per heavy atom. The van der Waals surface area contributed by atoms with Gasteiger partial charge in [-0.25, -0.2) is 4.79 Å². The molecule has 0 spiro atoms. The summed E-state index contributed by atoms with van der Waals surface area (Å²) in [6.45, 7) is 1.70. The summed E-state index contributed by atoms with van der Waals surface area (Å²) in [5.74, 6) is -1.44. The molecule has 0 heterocycles. The van der Waals surface area contributed by atoms with Crippen molar-refractivity contribution in [2.75, 3.05) is 13.7 Å². The molecule has 0 bridgehead atoms. The number of ether oxygens (including phenoxy) is 1. The second-order valence-corrected chi connectivity index (χ2v) is 3.52. The molecule has 1 aromatic carbocycles. The highest BCUT2D eigenvalue weighted by atomic mass is 16.6. The minimum atomic E-state index is -0.925. The number of esters is 1. The number of carbonyl (C=O) groups excluding carboxylic acids is 1. The van der Waals surface area contributed by atoms with Crippen LogP contribution in [0.1, 0.15) is 18.1 Å². The maximum Gasteiger partial charge on any atom is 0.510 e. The van der Waals surface area contributed by atoms with Crippen LogP contribution >= 0.6 is 0 Å². The van der Waals surface area contributed by atoms with Gasteiger partial charge in [0.2, 0.25) is 11.2 Å². The Morgan fingerprint density at radius 3 is 2.80 bits per heavy atom. The summed E-state index contributed by atoms with van der Waals surface area (Å²) >= 11 is 0. The molecular weight excluding hydrogens is 262 g/mol. The van der Waals surface area contributed by atoms with E-state index >= 15 is 0 Å². The van der Waals surface area contributed by atoms with E-state index in [-0.39, 0.29) is 12.2 Å². The van der Waals surface area contributed by atoms with Crippen LogP contribution in [0.15, 0.2) is 35.1 Å². The molecule has 7 nitrogen and oxygen atoms in total. The predicted octanol–water partition coefficient (Wildman–Crippen LogP) is 2.31. The predicted molar refractivity (Wildman–Crippen MR) is 72.3 cm³/mol. The first-order chi connectivity index (χ1) is 9.65. The number of hydrogen-bond donors (Lipinski definition) is 1. The average Bonchev–Trinajstić information content (AvgIpc) is 2.46. The van der Waals surface area contributed by atoms with E-state index in [9.17, 15) is 9.90 Å². The lowest BCUT2D eigenvalue weighted by molar-refractivity contribution is -0.138. The molecule has 0 saturated carbocycles. The molecule has 0 aliphatic heterocycles. The quantitative estimate of drug-likeness (QED) is 0.222. The van der Waals surface area contributed by atoms with Gasteiger partial charge in [-0.05, 0) is 6.92 Å². The maximum atomic E-state index is 11.6. The molecule has 20 heavy (non-hydrogen) atoms. The highest BCUT2D eigenvalue weighted by molar-refractivity contribution is 5.99. The Balaban J connectivity index is 3.31. The monoisotopic (exact) mass is 276 g/mol. The van der Waals surface area contributed by atoms with Crippen molar-refractivity contribution in [2.24, 2.45) is 5.16 Å². The molecule has 0 radical (unpaired) electrons. The highest BCUT2D eigenvalue weighted by Crippen LogP contribution is 2.21. The van der Waals surface area contributed by atoms with Gasteiger partial charge in [0, 0.05) is 11.1 Å². The minimum absolute atomic E-state index is 0.0952. The third kappa shape index (κ3) is 3.55. The van der Waals surface area contributed by atoms with Gasteiger partial charge in [0.05, 0.1) is 12.8 Å². The zero-order chi connectivity index (χ0) is 15.0. The van der Waals surface area contributed by atoms with E-state index in [0.717, 1.165) is 0 Å². The lowest BCUT2D eigenvalue weighted by atomic mass is 10.1. The summed E-state index contributed by atoms with van der Waals surface area (Å²) in [5.41, 5.74) is 0.163. The van der Waals surface area contributed by atoms with E-state index in [1.807, 2.05) is 0 Å². The fraction of sp³-hybridized carbons (Fsp3) is 0.231. The van der Waals surface area contributed by atoms with Crippen LogP contribution in [0.25, 0.3) is 10.7 Å². The van der Waals surface area contributed by atoms with Gasteiger partial charge in [-0.1, -0.05) is 29.4 Å². The Kier molecular flexibility index (Phi) is 5.72. The van der Waals surface area contributed by atoms with Crippen molar-refractivity contribution in [1.82, 2.24) is 0 Å². The van der Waals surface area contributed by atoms with Crippen LogP contribution in [0.4, 0.5) is 0 Å². The molecule has 0 saturated heterocycles. The summed E-state index contributed by atoms with van der Waals surface area (Å²) in [6.07, 6.45) is 1.35. The van der Waals surface area contributed by atoms with Gasteiger partial charge in [0.15, 0.2) is 4.98 Å². The Labute approximate surface area is 115 Å². The fourth-order valence-electron chi connectivity index (χ4n) is 1.45. The summed E-state index contributed by atoms with van der Waals surface area (Å²) < 4.78 is 4.69. The van der Waals surface area contributed by atoms with Crippen molar-refractivity contribution < 1.29 is 19.5 Å². The minimum Gasteiger partial charge on any atom is -0.501 e. The van der Waals surface area contributed by atoms with Gasteiger partial charge in [-0.15, -0.1) is 0 Å². The highest BCUT2D eigenvalue weighted by Gasteiger charge is 2.32. The van der Waals surface area contributed by atoms with E-state index in [0.29, 0.717) is 5.56 Å². The van der Waals surface area contributed by atoms with Gasteiger partial charge in [0.1, 0.15) is 7.11 Å². The van der Waals surface area contributed by atoms with Crippen LogP contribution in [0, 0.1) is 5.39 Å². The molecular formula is C13H14N3O4+. The van der Waals surface area contributed by atoms with Crippen LogP contribution in [0.3, 0.4) is 0 Å². The van der Waals surface area contributed by atoms with Crippen molar-refractivity contribution in [2.45, 2.75) is 6.92 Å². The Hall–Kier alpha value is -2.88. The number of nitrogens with zero attached hydrogens (tertiary/aromatic N) is 3. The number of hydrogen-bond acceptors (Lipinski definition) is 6. The third-order valence-electron chi connectivity index (χ3n) is 2.31. The number of diazo groups is 1. The lowest BCUT2D eigenvalue weighted by Gasteiger charge is -2.02. The largest absolute Gasteiger partial charge is 0.510 e. The lowest BCUT2D eigenvalue weighted by Crippen LogP contribution is -2.08. The second kappa shape index (κ2) is 7.53. The Morgan fingerprint density at radius 2 is 2.20 bits per heavy atom. The number of aliphatic hydroxyl groups excluding tert-OH is 1. The third-order valence-corrected chi connectivity index (χ3v) is 2.31. The number of oxime groups is 1. The van der Waals surface area contributed by atoms with Crippen molar-refractivity contribution in [1.29, 1.82) is 5.39 Å². The molecule has 7 heteroatoms. The number of aliphatic hydroxyl groups is 1. The molecule has 0 atom stereocenters. The first kappa shape index (κ1) is 15.2. The molecule has 0 aliphatic carbocycles. The van der Waals surface area contributed by atoms with Crippen LogP contribution in [-0.4, -0.2) is 31.0 Å². The summed E-state index contributed by atoms with van der Waals surface area (Å²) in [7, 11) is 1.38. The first-order valence-electron chi connectivity index (χ1n) is 5.77. The molecule has 0 aliphatic rings. The van der Waals surface area contributed by atoms with Crippen LogP contribution < -0.4 is 0 Å². The average molecular weight is 276 g/mol. The van der Waals surface area contributed by atoms with E-state index in [1.165, 1.54) is 19.4 Å². The van der Waals surface area contributed by atoms with E-state index in [1.54, 1.807) is 25.1 Å². The van der Waals surface area contributed by atoms with Crippen LogP contribution in [0.5, 0.6) is 0 Å². The van der Waals surface area contributed by atoms with Gasteiger partial charge >= 0.3 is 11.7 Å². The smallest absolute Gasteiger partial charge is 0.501 e. The van der Waals surface area contributed by atoms with Gasteiger partial charge in [0.25, 0.3) is 0 Å². The number of carbonyl (C=O) groups is 1. The van der Waals surface area contributed by atoms with Gasteiger partial charge < -0.3 is 14.7 Å². The zero-order valence-corrected chi connectivity index (χ0v) is 11.1. The molecule has 1 N–H and O–H groups in total. The van der Waals surface area contributed by atoms with Gasteiger partial charge in [-0.2, -0.15) is 0 Å². The molecule has 104 valence electrons. The normalized spacial score (nSPS) is 11.7. The topological polar surface area (TPSA) is 96.3 Å².